The van der Waals surface area contributed by atoms with E-state index in [0.29, 0.717) is 24.5 Å². The number of carbonyl (C=O) groups excluding carboxylic acids is 1. The Bertz CT molecular complexity index is 939. The normalized spacial score (nSPS) is 15.2. The van der Waals surface area contributed by atoms with Crippen molar-refractivity contribution in [1.29, 1.82) is 0 Å². The summed E-state index contributed by atoms with van der Waals surface area (Å²) in [4.78, 5) is 12.3. The first-order chi connectivity index (χ1) is 13.4. The zero-order chi connectivity index (χ0) is 20.1. The molecule has 3 rings (SSSR count). The average Bonchev–Trinajstić information content (AvgIpc) is 2.70. The van der Waals surface area contributed by atoms with Gasteiger partial charge in [-0.05, 0) is 67.8 Å². The first-order valence-corrected chi connectivity index (χ1v) is 11.4. The SMILES string of the molecule is Cc1cc(OCC(=O)Nc2ccc(S(=O)(=O)N3CCCCC3)cc2)ccc1Br. The molecule has 150 valence electrons. The molecule has 1 amide bonds. The maximum absolute atomic E-state index is 12.6. The van der Waals surface area contributed by atoms with Crippen LogP contribution in [0.1, 0.15) is 24.8 Å². The molecule has 0 atom stereocenters. The lowest BCUT2D eigenvalue weighted by molar-refractivity contribution is -0.118. The van der Waals surface area contributed by atoms with Gasteiger partial charge in [-0.3, -0.25) is 4.79 Å². The zero-order valence-corrected chi connectivity index (χ0v) is 18.1. The number of carbonyl (C=O) groups is 1. The van der Waals surface area contributed by atoms with Crippen molar-refractivity contribution in [2.45, 2.75) is 31.1 Å². The first kappa shape index (κ1) is 20.8. The number of ether oxygens (including phenoxy) is 1. The Labute approximate surface area is 174 Å². The van der Waals surface area contributed by atoms with E-state index in [2.05, 4.69) is 21.2 Å². The number of nitrogens with one attached hydrogen (secondary N) is 1. The molecule has 28 heavy (non-hydrogen) atoms. The highest BCUT2D eigenvalue weighted by molar-refractivity contribution is 9.10. The summed E-state index contributed by atoms with van der Waals surface area (Å²) in [5, 5.41) is 2.71. The maximum atomic E-state index is 12.6. The van der Waals surface area contributed by atoms with Crippen LogP contribution in [-0.4, -0.2) is 38.3 Å². The smallest absolute Gasteiger partial charge is 0.262 e. The van der Waals surface area contributed by atoms with Crippen LogP contribution in [0.25, 0.3) is 0 Å². The van der Waals surface area contributed by atoms with Crippen molar-refractivity contribution < 1.29 is 17.9 Å². The lowest BCUT2D eigenvalue weighted by atomic mass is 10.2. The van der Waals surface area contributed by atoms with Crippen molar-refractivity contribution >= 4 is 37.5 Å². The van der Waals surface area contributed by atoms with E-state index in [-0.39, 0.29) is 17.4 Å². The van der Waals surface area contributed by atoms with Crippen molar-refractivity contribution in [2.75, 3.05) is 25.0 Å². The predicted octanol–water partition coefficient (Wildman–Crippen LogP) is 3.95. The molecular weight excluding hydrogens is 444 g/mol. The van der Waals surface area contributed by atoms with E-state index in [4.69, 9.17) is 4.74 Å². The maximum Gasteiger partial charge on any atom is 0.262 e. The van der Waals surface area contributed by atoms with Gasteiger partial charge in [0.05, 0.1) is 4.90 Å². The predicted molar refractivity (Wildman–Crippen MR) is 112 cm³/mol. The molecule has 1 aliphatic rings. The van der Waals surface area contributed by atoms with Crippen LogP contribution >= 0.6 is 15.9 Å². The Kier molecular flexibility index (Phi) is 6.74. The van der Waals surface area contributed by atoms with Gasteiger partial charge in [-0.2, -0.15) is 4.31 Å². The summed E-state index contributed by atoms with van der Waals surface area (Å²) in [6.07, 6.45) is 2.86. The van der Waals surface area contributed by atoms with Gasteiger partial charge >= 0.3 is 0 Å². The minimum Gasteiger partial charge on any atom is -0.484 e. The summed E-state index contributed by atoms with van der Waals surface area (Å²) in [6, 6.07) is 11.7. The Hall–Kier alpha value is -1.90. The van der Waals surface area contributed by atoms with Crippen LogP contribution in [0.15, 0.2) is 51.8 Å². The molecule has 6 nitrogen and oxygen atoms in total. The second-order valence-electron chi connectivity index (χ2n) is 6.74. The minimum absolute atomic E-state index is 0.130. The van der Waals surface area contributed by atoms with E-state index in [9.17, 15) is 13.2 Å². The number of aryl methyl sites for hydroxylation is 1. The summed E-state index contributed by atoms with van der Waals surface area (Å²) in [5.74, 6) is 0.297. The molecule has 0 unspecified atom stereocenters. The van der Waals surface area contributed by atoms with Gasteiger partial charge in [0.25, 0.3) is 5.91 Å². The lowest BCUT2D eigenvalue weighted by Gasteiger charge is -2.25. The van der Waals surface area contributed by atoms with E-state index in [1.165, 1.54) is 16.4 Å². The van der Waals surface area contributed by atoms with Crippen molar-refractivity contribution in [3.05, 3.63) is 52.5 Å². The Morgan fingerprint density at radius 1 is 1.11 bits per heavy atom. The molecule has 0 spiro atoms. The Morgan fingerprint density at radius 3 is 2.43 bits per heavy atom. The molecule has 1 heterocycles. The van der Waals surface area contributed by atoms with E-state index in [0.717, 1.165) is 29.3 Å². The van der Waals surface area contributed by atoms with E-state index < -0.39 is 10.0 Å². The van der Waals surface area contributed by atoms with Crippen LogP contribution in [-0.2, 0) is 14.8 Å². The van der Waals surface area contributed by atoms with Gasteiger partial charge < -0.3 is 10.1 Å². The van der Waals surface area contributed by atoms with Crippen LogP contribution in [0, 0.1) is 6.92 Å². The molecule has 1 N–H and O–H groups in total. The number of nitrogens with zero attached hydrogens (tertiary/aromatic N) is 1. The standard InChI is InChI=1S/C20H23BrN2O4S/c1-15-13-17(7-10-19(15)21)27-14-20(24)22-16-5-8-18(9-6-16)28(25,26)23-11-3-2-4-12-23/h5-10,13H,2-4,11-12,14H2,1H3,(H,22,24). The van der Waals surface area contributed by atoms with Crippen molar-refractivity contribution in [1.82, 2.24) is 4.31 Å². The van der Waals surface area contributed by atoms with Gasteiger partial charge in [-0.15, -0.1) is 0 Å². The van der Waals surface area contributed by atoms with Crippen LogP contribution in [0.4, 0.5) is 5.69 Å². The summed E-state index contributed by atoms with van der Waals surface area (Å²) in [5.41, 5.74) is 1.54. The fourth-order valence-electron chi connectivity index (χ4n) is 3.02. The van der Waals surface area contributed by atoms with Crippen LogP contribution in [0.2, 0.25) is 0 Å². The number of hydrogen-bond acceptors (Lipinski definition) is 4. The van der Waals surface area contributed by atoms with Gasteiger partial charge in [-0.1, -0.05) is 22.4 Å². The third-order valence-corrected chi connectivity index (χ3v) is 7.39. The third-order valence-electron chi connectivity index (χ3n) is 4.59. The molecule has 0 saturated carbocycles. The number of amides is 1. The van der Waals surface area contributed by atoms with Crippen LogP contribution in [0.5, 0.6) is 5.75 Å². The molecule has 2 aromatic carbocycles. The molecule has 0 bridgehead atoms. The molecule has 1 fully saturated rings. The number of benzene rings is 2. The minimum atomic E-state index is -3.47. The summed E-state index contributed by atoms with van der Waals surface area (Å²) < 4.78 is 33.3. The summed E-state index contributed by atoms with van der Waals surface area (Å²) >= 11 is 3.42. The average molecular weight is 467 g/mol. The Balaban J connectivity index is 1.57. The summed E-state index contributed by atoms with van der Waals surface area (Å²) in [6.45, 7) is 2.94. The second kappa shape index (κ2) is 9.07. The number of anilines is 1. The zero-order valence-electron chi connectivity index (χ0n) is 15.7. The van der Waals surface area contributed by atoms with Gasteiger partial charge in [0.15, 0.2) is 6.61 Å². The number of hydrogen-bond donors (Lipinski definition) is 1. The fourth-order valence-corrected chi connectivity index (χ4v) is 4.78. The van der Waals surface area contributed by atoms with Gasteiger partial charge in [-0.25, -0.2) is 8.42 Å². The molecule has 8 heteroatoms. The largest absolute Gasteiger partial charge is 0.484 e. The van der Waals surface area contributed by atoms with Gasteiger partial charge in [0.1, 0.15) is 5.75 Å². The Morgan fingerprint density at radius 2 is 1.79 bits per heavy atom. The van der Waals surface area contributed by atoms with E-state index in [1.807, 2.05) is 19.1 Å². The quantitative estimate of drug-likeness (QED) is 0.698. The van der Waals surface area contributed by atoms with E-state index in [1.54, 1.807) is 18.2 Å². The van der Waals surface area contributed by atoms with Crippen LogP contribution in [0.3, 0.4) is 0 Å². The highest BCUT2D eigenvalue weighted by Crippen LogP contribution is 2.23. The number of piperidine rings is 1. The van der Waals surface area contributed by atoms with Crippen molar-refractivity contribution in [2.24, 2.45) is 0 Å². The molecule has 0 aromatic heterocycles. The highest BCUT2D eigenvalue weighted by atomic mass is 79.9. The van der Waals surface area contributed by atoms with E-state index >= 15 is 0 Å². The second-order valence-corrected chi connectivity index (χ2v) is 9.53. The monoisotopic (exact) mass is 466 g/mol. The van der Waals surface area contributed by atoms with Crippen molar-refractivity contribution in [3.63, 3.8) is 0 Å². The highest BCUT2D eigenvalue weighted by Gasteiger charge is 2.25. The first-order valence-electron chi connectivity index (χ1n) is 9.15. The molecule has 0 aliphatic carbocycles. The fraction of sp³-hybridized carbons (Fsp3) is 0.350. The third kappa shape index (κ3) is 5.12. The van der Waals surface area contributed by atoms with Crippen molar-refractivity contribution in [3.8, 4) is 5.75 Å². The molecule has 2 aromatic rings. The van der Waals surface area contributed by atoms with Gasteiger partial charge in [0.2, 0.25) is 10.0 Å². The number of halogens is 1. The number of sulfonamides is 1. The number of rotatable bonds is 6. The topological polar surface area (TPSA) is 75.7 Å². The van der Waals surface area contributed by atoms with Crippen LogP contribution < -0.4 is 10.1 Å². The lowest BCUT2D eigenvalue weighted by Crippen LogP contribution is -2.35. The summed E-state index contributed by atoms with van der Waals surface area (Å²) in [7, 11) is -3.47. The molecule has 1 saturated heterocycles. The molecule has 0 radical (unpaired) electrons. The molecular formula is C20H23BrN2O4S. The molecule has 1 aliphatic heterocycles. The van der Waals surface area contributed by atoms with Gasteiger partial charge in [0, 0.05) is 23.2 Å².